The Bertz CT molecular complexity index is 388. The zero-order valence-electron chi connectivity index (χ0n) is 20.9. The summed E-state index contributed by atoms with van der Waals surface area (Å²) in [6, 6.07) is 0. The summed E-state index contributed by atoms with van der Waals surface area (Å²) in [6.45, 7) is 4.56. The summed E-state index contributed by atoms with van der Waals surface area (Å²) >= 11 is 0. The lowest BCUT2D eigenvalue weighted by Crippen LogP contribution is -2.23. The first-order chi connectivity index (χ1) is 15.1. The van der Waals surface area contributed by atoms with Crippen molar-refractivity contribution < 1.29 is 14.9 Å². The Morgan fingerprint density at radius 3 is 1.29 bits per heavy atom. The highest BCUT2D eigenvalue weighted by atomic mass is 16.5. The second-order valence-corrected chi connectivity index (χ2v) is 10.8. The molecule has 2 aliphatic carbocycles. The number of hydrogen-bond acceptors (Lipinski definition) is 3. The lowest BCUT2D eigenvalue weighted by molar-refractivity contribution is -0.0338. The molecule has 3 heteroatoms. The van der Waals surface area contributed by atoms with E-state index >= 15 is 0 Å². The van der Waals surface area contributed by atoms with Crippen LogP contribution in [0.25, 0.3) is 0 Å². The summed E-state index contributed by atoms with van der Waals surface area (Å²) in [5.41, 5.74) is 0. The quantitative estimate of drug-likeness (QED) is 0.171. The summed E-state index contributed by atoms with van der Waals surface area (Å²) < 4.78 is 6.77. The van der Waals surface area contributed by atoms with Crippen molar-refractivity contribution in [2.45, 2.75) is 167 Å². The molecule has 2 rings (SSSR count). The van der Waals surface area contributed by atoms with Crippen LogP contribution in [-0.4, -0.2) is 34.6 Å². The van der Waals surface area contributed by atoms with Gasteiger partial charge in [-0.2, -0.15) is 0 Å². The maximum atomic E-state index is 9.74. The van der Waals surface area contributed by atoms with Crippen molar-refractivity contribution in [2.24, 2.45) is 11.8 Å². The second-order valence-electron chi connectivity index (χ2n) is 10.8. The van der Waals surface area contributed by atoms with Crippen LogP contribution < -0.4 is 0 Å². The molecule has 0 bridgehead atoms. The maximum absolute atomic E-state index is 9.74. The Morgan fingerprint density at radius 2 is 0.935 bits per heavy atom. The van der Waals surface area contributed by atoms with Crippen LogP contribution >= 0.6 is 0 Å². The number of unbranched alkanes of at least 4 members (excludes halogenated alkanes) is 10. The van der Waals surface area contributed by atoms with E-state index < -0.39 is 0 Å². The molecular formula is C28H54O3. The van der Waals surface area contributed by atoms with Crippen molar-refractivity contribution in [2.75, 3.05) is 0 Å². The minimum Gasteiger partial charge on any atom is -0.393 e. The van der Waals surface area contributed by atoms with Crippen LogP contribution in [0.15, 0.2) is 0 Å². The molecule has 0 amide bonds. The first-order valence-electron chi connectivity index (χ1n) is 14.2. The number of aliphatic hydroxyl groups excluding tert-OH is 2. The molecule has 2 saturated carbocycles. The van der Waals surface area contributed by atoms with Crippen molar-refractivity contribution in [3.05, 3.63) is 0 Å². The van der Waals surface area contributed by atoms with E-state index in [2.05, 4.69) is 13.8 Å². The van der Waals surface area contributed by atoms with Gasteiger partial charge >= 0.3 is 0 Å². The van der Waals surface area contributed by atoms with E-state index in [1.54, 1.807) is 0 Å². The average Bonchev–Trinajstić information content (AvgIpc) is 3.66. The molecule has 2 aliphatic rings. The van der Waals surface area contributed by atoms with Gasteiger partial charge < -0.3 is 14.9 Å². The molecule has 2 fully saturated rings. The zero-order chi connectivity index (χ0) is 22.3. The van der Waals surface area contributed by atoms with Crippen LogP contribution in [-0.2, 0) is 4.74 Å². The van der Waals surface area contributed by atoms with E-state index in [-0.39, 0.29) is 12.2 Å². The summed E-state index contributed by atoms with van der Waals surface area (Å²) in [5, 5.41) is 19.5. The Balaban J connectivity index is 1.73. The molecule has 184 valence electrons. The molecule has 2 N–H and O–H groups in total. The number of hydrogen-bond donors (Lipinski definition) is 2. The van der Waals surface area contributed by atoms with Crippen LogP contribution in [0.1, 0.15) is 142 Å². The van der Waals surface area contributed by atoms with Gasteiger partial charge in [-0.15, -0.1) is 0 Å². The second kappa shape index (κ2) is 16.5. The highest BCUT2D eigenvalue weighted by Gasteiger charge is 2.36. The van der Waals surface area contributed by atoms with E-state index in [1.807, 2.05) is 0 Å². The standard InChI is InChI=1S/C28H54O3/c1-3-5-7-9-11-13-15-25(19-17-23-21-27(23)29)31-26(20-18-24-22-28(24)30)16-14-12-10-8-6-4-2/h23-30H,3-22H2,1-2H3. The third kappa shape index (κ3) is 13.2. The third-order valence-corrected chi connectivity index (χ3v) is 7.63. The van der Waals surface area contributed by atoms with Crippen LogP contribution in [0.5, 0.6) is 0 Å². The summed E-state index contributed by atoms with van der Waals surface area (Å²) in [6.07, 6.45) is 25.6. The van der Waals surface area contributed by atoms with E-state index in [1.165, 1.54) is 89.9 Å². The Labute approximate surface area is 193 Å². The van der Waals surface area contributed by atoms with Gasteiger partial charge in [0, 0.05) is 0 Å². The Kier molecular flexibility index (Phi) is 14.4. The first-order valence-corrected chi connectivity index (χ1v) is 14.2. The number of ether oxygens (including phenoxy) is 1. The maximum Gasteiger partial charge on any atom is 0.0579 e. The lowest BCUT2D eigenvalue weighted by Gasteiger charge is -2.26. The Hall–Kier alpha value is -0.120. The van der Waals surface area contributed by atoms with Crippen molar-refractivity contribution >= 4 is 0 Å². The largest absolute Gasteiger partial charge is 0.393 e. The summed E-state index contributed by atoms with van der Waals surface area (Å²) in [7, 11) is 0. The fourth-order valence-electron chi connectivity index (χ4n) is 5.02. The molecule has 6 unspecified atom stereocenters. The number of aliphatic hydroxyl groups is 2. The molecule has 0 aliphatic heterocycles. The van der Waals surface area contributed by atoms with Crippen molar-refractivity contribution in [3.63, 3.8) is 0 Å². The normalized spacial score (nSPS) is 26.7. The monoisotopic (exact) mass is 438 g/mol. The number of rotatable bonds is 22. The molecule has 3 nitrogen and oxygen atoms in total. The topological polar surface area (TPSA) is 49.7 Å². The molecule has 0 aromatic carbocycles. The molecule has 0 spiro atoms. The minimum absolute atomic E-state index is 0.0371. The van der Waals surface area contributed by atoms with Crippen molar-refractivity contribution in [1.82, 2.24) is 0 Å². The predicted octanol–water partition coefficient (Wildman–Crippen LogP) is 7.56. The lowest BCUT2D eigenvalue weighted by atomic mass is 10.00. The van der Waals surface area contributed by atoms with Gasteiger partial charge in [0.15, 0.2) is 0 Å². The molecule has 0 aromatic heterocycles. The van der Waals surface area contributed by atoms with Crippen molar-refractivity contribution in [3.8, 4) is 0 Å². The smallest absolute Gasteiger partial charge is 0.0579 e. The van der Waals surface area contributed by atoms with Gasteiger partial charge in [0.05, 0.1) is 24.4 Å². The van der Waals surface area contributed by atoms with E-state index in [4.69, 9.17) is 4.74 Å². The minimum atomic E-state index is -0.0371. The molecule has 0 saturated heterocycles. The van der Waals surface area contributed by atoms with Gasteiger partial charge in [0.1, 0.15) is 0 Å². The fourth-order valence-corrected chi connectivity index (χ4v) is 5.02. The Morgan fingerprint density at radius 1 is 0.581 bits per heavy atom. The highest BCUT2D eigenvalue weighted by molar-refractivity contribution is 4.87. The predicted molar refractivity (Wildman–Crippen MR) is 131 cm³/mol. The van der Waals surface area contributed by atoms with Crippen molar-refractivity contribution in [1.29, 1.82) is 0 Å². The van der Waals surface area contributed by atoms with Crippen LogP contribution in [0.2, 0.25) is 0 Å². The van der Waals surface area contributed by atoms with Gasteiger partial charge in [-0.3, -0.25) is 0 Å². The first kappa shape index (κ1) is 27.1. The van der Waals surface area contributed by atoms with E-state index in [0.717, 1.165) is 38.5 Å². The summed E-state index contributed by atoms with van der Waals surface area (Å²) in [5.74, 6) is 1.07. The molecule has 0 radical (unpaired) electrons. The molecule has 31 heavy (non-hydrogen) atoms. The van der Waals surface area contributed by atoms with Crippen LogP contribution in [0.3, 0.4) is 0 Å². The van der Waals surface area contributed by atoms with Gasteiger partial charge in [-0.1, -0.05) is 90.9 Å². The molecule has 0 aromatic rings. The zero-order valence-corrected chi connectivity index (χ0v) is 20.9. The molecule has 0 heterocycles. The average molecular weight is 439 g/mol. The van der Waals surface area contributed by atoms with Crippen LogP contribution in [0.4, 0.5) is 0 Å². The van der Waals surface area contributed by atoms with Crippen LogP contribution in [0, 0.1) is 11.8 Å². The summed E-state index contributed by atoms with van der Waals surface area (Å²) in [4.78, 5) is 0. The third-order valence-electron chi connectivity index (χ3n) is 7.63. The highest BCUT2D eigenvalue weighted by Crippen LogP contribution is 2.37. The van der Waals surface area contributed by atoms with Gasteiger partial charge in [-0.05, 0) is 63.2 Å². The fraction of sp³-hybridized carbons (Fsp3) is 1.00. The van der Waals surface area contributed by atoms with E-state index in [0.29, 0.717) is 24.0 Å². The van der Waals surface area contributed by atoms with E-state index in [9.17, 15) is 10.2 Å². The van der Waals surface area contributed by atoms with Gasteiger partial charge in [0.2, 0.25) is 0 Å². The molecular weight excluding hydrogens is 384 g/mol. The van der Waals surface area contributed by atoms with Gasteiger partial charge in [-0.25, -0.2) is 0 Å². The SMILES string of the molecule is CCCCCCCCC(CCC1CC1O)OC(CCCCCCCC)CCC1CC1O. The molecule has 6 atom stereocenters. The van der Waals surface area contributed by atoms with Gasteiger partial charge in [0.25, 0.3) is 0 Å².